The van der Waals surface area contributed by atoms with E-state index in [0.717, 1.165) is 30.6 Å². The number of ether oxygens (including phenoxy) is 1. The third kappa shape index (κ3) is 4.68. The molecule has 0 aromatic carbocycles. The fraction of sp³-hybridized carbons (Fsp3) is 0.583. The lowest BCUT2D eigenvalue weighted by Gasteiger charge is -2.10. The van der Waals surface area contributed by atoms with Gasteiger partial charge < -0.3 is 15.3 Å². The fourth-order valence-electron chi connectivity index (χ4n) is 1.52. The lowest BCUT2D eigenvalue weighted by molar-refractivity contribution is 0.0910. The average molecular weight is 239 g/mol. The molecule has 0 aliphatic heterocycles. The first kappa shape index (κ1) is 13.9. The number of nitrogens with zero attached hydrogens (tertiary/aromatic N) is 1. The second-order valence-electron chi connectivity index (χ2n) is 3.92. The van der Waals surface area contributed by atoms with Crippen LogP contribution in [0.2, 0.25) is 0 Å². The molecule has 0 aliphatic rings. The maximum absolute atomic E-state index is 5.87. The largest absolute Gasteiger partial charge is 0.481 e. The van der Waals surface area contributed by atoms with Gasteiger partial charge in [-0.3, -0.25) is 0 Å². The highest BCUT2D eigenvalue weighted by atomic mass is 16.6. The van der Waals surface area contributed by atoms with Crippen molar-refractivity contribution < 1.29 is 9.57 Å². The van der Waals surface area contributed by atoms with E-state index in [1.165, 1.54) is 0 Å². The molecule has 0 amide bonds. The van der Waals surface area contributed by atoms with Gasteiger partial charge in [-0.05, 0) is 31.4 Å². The van der Waals surface area contributed by atoms with Gasteiger partial charge in [-0.15, -0.1) is 0 Å². The lowest BCUT2D eigenvalue weighted by Crippen LogP contribution is -2.14. The summed E-state index contributed by atoms with van der Waals surface area (Å²) in [6, 6.07) is 3.89. The summed E-state index contributed by atoms with van der Waals surface area (Å²) in [6.45, 7) is 2.74. The van der Waals surface area contributed by atoms with Gasteiger partial charge in [0, 0.05) is 24.3 Å². The molecule has 5 heteroatoms. The summed E-state index contributed by atoms with van der Waals surface area (Å²) in [4.78, 5) is 9.16. The topological polar surface area (TPSA) is 69.4 Å². The Hall–Kier alpha value is -1.17. The first-order valence-electron chi connectivity index (χ1n) is 5.73. The van der Waals surface area contributed by atoms with Crippen molar-refractivity contribution in [2.75, 3.05) is 20.8 Å². The molecule has 96 valence electrons. The zero-order valence-electron chi connectivity index (χ0n) is 10.7. The maximum Gasteiger partial charge on any atom is 0.213 e. The molecule has 0 aliphatic carbocycles. The summed E-state index contributed by atoms with van der Waals surface area (Å²) in [5.41, 5.74) is 10.7. The molecular formula is C12H21N3O2. The van der Waals surface area contributed by atoms with E-state index in [1.807, 2.05) is 19.1 Å². The van der Waals surface area contributed by atoms with Crippen LogP contribution in [0.1, 0.15) is 30.6 Å². The predicted molar refractivity (Wildman–Crippen MR) is 66.7 cm³/mol. The number of aromatic nitrogens is 1. The molecule has 0 spiro atoms. The Balaban J connectivity index is 2.66. The Kier molecular flexibility index (Phi) is 5.90. The van der Waals surface area contributed by atoms with Crippen molar-refractivity contribution in [2.45, 2.75) is 25.8 Å². The van der Waals surface area contributed by atoms with E-state index in [1.54, 1.807) is 14.2 Å². The maximum atomic E-state index is 5.87. The molecule has 3 N–H and O–H groups in total. The number of rotatable bonds is 7. The quantitative estimate of drug-likeness (QED) is 0.552. The van der Waals surface area contributed by atoms with Crippen LogP contribution in [0, 0.1) is 0 Å². The molecule has 0 saturated heterocycles. The summed E-state index contributed by atoms with van der Waals surface area (Å²) in [7, 11) is 3.22. The number of pyridine rings is 1. The van der Waals surface area contributed by atoms with Gasteiger partial charge in [0.25, 0.3) is 0 Å². The van der Waals surface area contributed by atoms with E-state index < -0.39 is 0 Å². The van der Waals surface area contributed by atoms with Crippen molar-refractivity contribution in [1.29, 1.82) is 0 Å². The lowest BCUT2D eigenvalue weighted by atomic mass is 10.1. The van der Waals surface area contributed by atoms with Gasteiger partial charge in [-0.25, -0.2) is 10.5 Å². The Morgan fingerprint density at radius 3 is 2.76 bits per heavy atom. The van der Waals surface area contributed by atoms with Crippen LogP contribution in [0.25, 0.3) is 0 Å². The number of nitrogens with one attached hydrogen (secondary N) is 1. The third-order valence-electron chi connectivity index (χ3n) is 2.47. The van der Waals surface area contributed by atoms with Crippen molar-refractivity contribution in [3.8, 4) is 5.88 Å². The molecule has 0 radical (unpaired) electrons. The van der Waals surface area contributed by atoms with E-state index in [4.69, 9.17) is 15.3 Å². The number of methoxy groups -OCH3 is 1. The van der Waals surface area contributed by atoms with E-state index >= 15 is 0 Å². The van der Waals surface area contributed by atoms with Gasteiger partial charge in [-0.2, -0.15) is 0 Å². The molecule has 1 atom stereocenters. The monoisotopic (exact) mass is 239 g/mol. The summed E-state index contributed by atoms with van der Waals surface area (Å²) in [6.07, 6.45) is 1.82. The van der Waals surface area contributed by atoms with E-state index in [-0.39, 0.29) is 6.04 Å². The summed E-state index contributed by atoms with van der Waals surface area (Å²) in [5, 5.41) is 0. The van der Waals surface area contributed by atoms with Gasteiger partial charge in [0.1, 0.15) is 0 Å². The Labute approximate surface area is 102 Å². The van der Waals surface area contributed by atoms with E-state index in [9.17, 15) is 0 Å². The van der Waals surface area contributed by atoms with Gasteiger partial charge >= 0.3 is 0 Å². The minimum atomic E-state index is -0.0113. The van der Waals surface area contributed by atoms with Crippen molar-refractivity contribution in [3.63, 3.8) is 0 Å². The molecule has 0 saturated carbocycles. The van der Waals surface area contributed by atoms with Crippen LogP contribution in [-0.2, 0) is 11.3 Å². The highest BCUT2D eigenvalue weighted by Gasteiger charge is 2.06. The summed E-state index contributed by atoms with van der Waals surface area (Å²) in [5.74, 6) is 0.620. The molecule has 1 heterocycles. The fourth-order valence-corrected chi connectivity index (χ4v) is 1.52. The van der Waals surface area contributed by atoms with E-state index in [0.29, 0.717) is 5.88 Å². The summed E-state index contributed by atoms with van der Waals surface area (Å²) < 4.78 is 5.17. The zero-order chi connectivity index (χ0) is 12.7. The molecule has 1 rings (SSSR count). The van der Waals surface area contributed by atoms with Crippen molar-refractivity contribution in [2.24, 2.45) is 5.73 Å². The summed E-state index contributed by atoms with van der Waals surface area (Å²) >= 11 is 0. The van der Waals surface area contributed by atoms with Crippen LogP contribution >= 0.6 is 0 Å². The minimum Gasteiger partial charge on any atom is -0.481 e. The number of hydrogen-bond donors (Lipinski definition) is 2. The molecule has 1 aromatic rings. The molecule has 5 nitrogen and oxygen atoms in total. The molecule has 0 fully saturated rings. The van der Waals surface area contributed by atoms with Gasteiger partial charge in [0.2, 0.25) is 5.88 Å². The van der Waals surface area contributed by atoms with Crippen LogP contribution in [0.5, 0.6) is 5.88 Å². The van der Waals surface area contributed by atoms with Gasteiger partial charge in [0.15, 0.2) is 0 Å². The van der Waals surface area contributed by atoms with Gasteiger partial charge in [0.05, 0.1) is 14.2 Å². The number of hydroxylamine groups is 1. The van der Waals surface area contributed by atoms with Crippen LogP contribution in [0.4, 0.5) is 0 Å². The highest BCUT2D eigenvalue weighted by Crippen LogP contribution is 2.18. The molecule has 17 heavy (non-hydrogen) atoms. The van der Waals surface area contributed by atoms with Crippen molar-refractivity contribution >= 4 is 0 Å². The molecule has 1 aromatic heterocycles. The number of aryl methyl sites for hydroxylation is 1. The predicted octanol–water partition coefficient (Wildman–Crippen LogP) is 1.19. The van der Waals surface area contributed by atoms with Crippen LogP contribution in [-0.4, -0.2) is 25.7 Å². The molecule has 0 bridgehead atoms. The van der Waals surface area contributed by atoms with Crippen LogP contribution in [0.15, 0.2) is 12.1 Å². The van der Waals surface area contributed by atoms with Gasteiger partial charge in [-0.1, -0.05) is 0 Å². The average Bonchev–Trinajstić information content (AvgIpc) is 2.34. The zero-order valence-corrected chi connectivity index (χ0v) is 10.7. The third-order valence-corrected chi connectivity index (χ3v) is 2.47. The Morgan fingerprint density at radius 1 is 1.41 bits per heavy atom. The second kappa shape index (κ2) is 7.21. The van der Waals surface area contributed by atoms with Crippen LogP contribution in [0.3, 0.4) is 0 Å². The minimum absolute atomic E-state index is 0.0113. The molecule has 0 unspecified atom stereocenters. The Bertz CT molecular complexity index is 343. The first-order valence-corrected chi connectivity index (χ1v) is 5.73. The second-order valence-corrected chi connectivity index (χ2v) is 3.92. The SMILES string of the molecule is CONCCCc1cc([C@@H](C)N)cc(OC)n1. The highest BCUT2D eigenvalue weighted by molar-refractivity contribution is 5.27. The standard InChI is InChI=1S/C12H21N3O2/c1-9(13)10-7-11(5-4-6-14-17-3)15-12(8-10)16-2/h7-9,14H,4-6,13H2,1-3H3/t9-/m1/s1. The number of hydrogen-bond acceptors (Lipinski definition) is 5. The normalized spacial score (nSPS) is 12.5. The Morgan fingerprint density at radius 2 is 2.18 bits per heavy atom. The van der Waals surface area contributed by atoms with E-state index in [2.05, 4.69) is 10.5 Å². The number of nitrogens with two attached hydrogens (primary N) is 1. The first-order chi connectivity index (χ1) is 8.17. The van der Waals surface area contributed by atoms with Crippen molar-refractivity contribution in [3.05, 3.63) is 23.4 Å². The molecular weight excluding hydrogens is 218 g/mol. The van der Waals surface area contributed by atoms with Crippen LogP contribution < -0.4 is 16.0 Å². The smallest absolute Gasteiger partial charge is 0.213 e. The van der Waals surface area contributed by atoms with Crippen molar-refractivity contribution in [1.82, 2.24) is 10.5 Å².